The first kappa shape index (κ1) is 12.2. The minimum Gasteiger partial charge on any atom is -0.306 e. The molecule has 1 saturated carbocycles. The molecule has 0 amide bonds. The highest BCUT2D eigenvalue weighted by Gasteiger charge is 2.25. The Morgan fingerprint density at radius 2 is 1.74 bits per heavy atom. The van der Waals surface area contributed by atoms with Crippen molar-refractivity contribution in [2.24, 2.45) is 0 Å². The average molecular weight is 277 g/mol. The summed E-state index contributed by atoms with van der Waals surface area (Å²) in [4.78, 5) is 23.9. The summed E-state index contributed by atoms with van der Waals surface area (Å²) in [5.74, 6) is 0. The van der Waals surface area contributed by atoms with E-state index >= 15 is 0 Å². The normalized spacial score (nSPS) is 14.6. The lowest BCUT2D eigenvalue weighted by Crippen LogP contribution is -2.40. The van der Waals surface area contributed by atoms with E-state index in [0.29, 0.717) is 11.6 Å². The van der Waals surface area contributed by atoms with E-state index in [0.717, 1.165) is 18.4 Å². The zero-order valence-electron chi connectivity index (χ0n) is 10.3. The molecule has 4 nitrogen and oxygen atoms in total. The predicted octanol–water partition coefficient (Wildman–Crippen LogP) is 2.05. The highest BCUT2D eigenvalue weighted by Crippen LogP contribution is 2.32. The van der Waals surface area contributed by atoms with Gasteiger partial charge in [0.25, 0.3) is 0 Å². The van der Waals surface area contributed by atoms with Crippen LogP contribution < -0.4 is 11.1 Å². The van der Waals surface area contributed by atoms with Crippen molar-refractivity contribution in [3.05, 3.63) is 68.0 Å². The van der Waals surface area contributed by atoms with Gasteiger partial charge in [0.1, 0.15) is 0 Å². The fourth-order valence-electron chi connectivity index (χ4n) is 2.07. The second kappa shape index (κ2) is 4.70. The number of halogens is 1. The molecule has 98 valence electrons. The third-order valence-corrected chi connectivity index (χ3v) is 3.54. The Morgan fingerprint density at radius 1 is 1.05 bits per heavy atom. The van der Waals surface area contributed by atoms with Gasteiger partial charge in [0, 0.05) is 23.5 Å². The van der Waals surface area contributed by atoms with Crippen LogP contribution in [0.5, 0.6) is 0 Å². The first-order valence-electron chi connectivity index (χ1n) is 6.21. The van der Waals surface area contributed by atoms with Gasteiger partial charge < -0.3 is 9.13 Å². The van der Waals surface area contributed by atoms with E-state index in [1.54, 1.807) is 29.1 Å². The minimum absolute atomic E-state index is 0.227. The monoisotopic (exact) mass is 276 g/mol. The van der Waals surface area contributed by atoms with Crippen molar-refractivity contribution in [2.45, 2.75) is 25.4 Å². The molecule has 1 aromatic heterocycles. The van der Waals surface area contributed by atoms with Gasteiger partial charge in [-0.3, -0.25) is 9.59 Å². The Bertz CT molecular complexity index is 711. The van der Waals surface area contributed by atoms with Gasteiger partial charge in [-0.25, -0.2) is 0 Å². The highest BCUT2D eigenvalue weighted by molar-refractivity contribution is 6.30. The molecule has 1 aliphatic rings. The largest absolute Gasteiger partial charge is 0.316 e. The lowest BCUT2D eigenvalue weighted by molar-refractivity contribution is 0.640. The van der Waals surface area contributed by atoms with Crippen molar-refractivity contribution in [3.8, 4) is 0 Å². The standard InChI is InChI=1S/C14H13ClN2O2/c15-11-3-1-10(2-4-11)9-16-7-8-17(12-5-6-12)14(19)13(16)18/h1-4,7-8,12H,5-6,9H2. The molecule has 2 aromatic rings. The van der Waals surface area contributed by atoms with Crippen LogP contribution in [-0.2, 0) is 6.54 Å². The molecule has 0 saturated heterocycles. The third kappa shape index (κ3) is 2.49. The molecular formula is C14H13ClN2O2. The number of rotatable bonds is 3. The van der Waals surface area contributed by atoms with Gasteiger partial charge in [-0.15, -0.1) is 0 Å². The molecule has 0 spiro atoms. The van der Waals surface area contributed by atoms with Crippen molar-refractivity contribution < 1.29 is 0 Å². The van der Waals surface area contributed by atoms with Crippen molar-refractivity contribution in [1.29, 1.82) is 0 Å². The van der Waals surface area contributed by atoms with E-state index in [2.05, 4.69) is 0 Å². The van der Waals surface area contributed by atoms with Crippen LogP contribution in [-0.4, -0.2) is 9.13 Å². The molecule has 5 heteroatoms. The summed E-state index contributed by atoms with van der Waals surface area (Å²) in [6.45, 7) is 0.386. The average Bonchev–Trinajstić information content (AvgIpc) is 3.22. The molecule has 0 radical (unpaired) electrons. The summed E-state index contributed by atoms with van der Waals surface area (Å²) in [7, 11) is 0. The Labute approximate surface area is 114 Å². The van der Waals surface area contributed by atoms with Crippen LogP contribution in [0.4, 0.5) is 0 Å². The fraction of sp³-hybridized carbons (Fsp3) is 0.286. The van der Waals surface area contributed by atoms with Crippen LogP contribution in [0, 0.1) is 0 Å². The maximum Gasteiger partial charge on any atom is 0.316 e. The Kier molecular flexibility index (Phi) is 3.03. The molecule has 1 heterocycles. The molecule has 1 fully saturated rings. The maximum atomic E-state index is 12.0. The zero-order valence-corrected chi connectivity index (χ0v) is 11.0. The fourth-order valence-corrected chi connectivity index (χ4v) is 2.20. The van der Waals surface area contributed by atoms with Crippen molar-refractivity contribution in [1.82, 2.24) is 9.13 Å². The van der Waals surface area contributed by atoms with Crippen molar-refractivity contribution in [3.63, 3.8) is 0 Å². The molecule has 0 unspecified atom stereocenters. The van der Waals surface area contributed by atoms with Gasteiger partial charge in [-0.1, -0.05) is 23.7 Å². The van der Waals surface area contributed by atoms with E-state index in [4.69, 9.17) is 11.6 Å². The van der Waals surface area contributed by atoms with Gasteiger partial charge in [0.15, 0.2) is 0 Å². The van der Waals surface area contributed by atoms with Crippen LogP contribution >= 0.6 is 11.6 Å². The van der Waals surface area contributed by atoms with E-state index in [9.17, 15) is 9.59 Å². The Hall–Kier alpha value is -1.81. The summed E-state index contributed by atoms with van der Waals surface area (Å²) < 4.78 is 2.98. The minimum atomic E-state index is -0.468. The third-order valence-electron chi connectivity index (χ3n) is 3.29. The molecular weight excluding hydrogens is 264 g/mol. The van der Waals surface area contributed by atoms with E-state index in [1.807, 2.05) is 12.1 Å². The first-order chi connectivity index (χ1) is 9.15. The SMILES string of the molecule is O=c1c(=O)n(C2CC2)ccn1Cc1ccc(Cl)cc1. The molecule has 1 aliphatic carbocycles. The second-order valence-electron chi connectivity index (χ2n) is 4.80. The van der Waals surface area contributed by atoms with E-state index in [1.165, 1.54) is 4.57 Å². The summed E-state index contributed by atoms with van der Waals surface area (Å²) in [6, 6.07) is 7.47. The second-order valence-corrected chi connectivity index (χ2v) is 5.24. The smallest absolute Gasteiger partial charge is 0.306 e. The quantitative estimate of drug-likeness (QED) is 0.806. The molecule has 19 heavy (non-hydrogen) atoms. The summed E-state index contributed by atoms with van der Waals surface area (Å²) in [5, 5.41) is 0.653. The van der Waals surface area contributed by atoms with Gasteiger partial charge in [0.05, 0.1) is 6.54 Å². The van der Waals surface area contributed by atoms with Gasteiger partial charge >= 0.3 is 11.1 Å². The van der Waals surface area contributed by atoms with Crippen molar-refractivity contribution in [2.75, 3.05) is 0 Å². The van der Waals surface area contributed by atoms with Crippen LogP contribution in [0.25, 0.3) is 0 Å². The molecule has 0 bridgehead atoms. The van der Waals surface area contributed by atoms with Crippen LogP contribution in [0.15, 0.2) is 46.2 Å². The van der Waals surface area contributed by atoms with E-state index in [-0.39, 0.29) is 6.04 Å². The molecule has 0 atom stereocenters. The number of hydrogen-bond acceptors (Lipinski definition) is 2. The molecule has 1 aromatic carbocycles. The lowest BCUT2D eigenvalue weighted by atomic mass is 10.2. The Morgan fingerprint density at radius 3 is 2.37 bits per heavy atom. The molecule has 3 rings (SSSR count). The topological polar surface area (TPSA) is 44.0 Å². The van der Waals surface area contributed by atoms with Gasteiger partial charge in [-0.05, 0) is 30.5 Å². The Balaban J connectivity index is 1.93. The number of aromatic nitrogens is 2. The van der Waals surface area contributed by atoms with Crippen LogP contribution in [0.2, 0.25) is 5.02 Å². The van der Waals surface area contributed by atoms with Crippen LogP contribution in [0.3, 0.4) is 0 Å². The molecule has 0 N–H and O–H groups in total. The van der Waals surface area contributed by atoms with Gasteiger partial charge in [-0.2, -0.15) is 0 Å². The first-order valence-corrected chi connectivity index (χ1v) is 6.59. The van der Waals surface area contributed by atoms with Crippen LogP contribution in [0.1, 0.15) is 24.4 Å². The van der Waals surface area contributed by atoms with E-state index < -0.39 is 11.1 Å². The number of benzene rings is 1. The summed E-state index contributed by atoms with van der Waals surface area (Å²) in [6.07, 6.45) is 5.36. The number of hydrogen-bond donors (Lipinski definition) is 0. The zero-order chi connectivity index (χ0) is 13.4. The highest BCUT2D eigenvalue weighted by atomic mass is 35.5. The molecule has 0 aliphatic heterocycles. The lowest BCUT2D eigenvalue weighted by Gasteiger charge is -2.08. The predicted molar refractivity (Wildman–Crippen MR) is 73.8 cm³/mol. The summed E-state index contributed by atoms with van der Waals surface area (Å²) >= 11 is 5.81. The van der Waals surface area contributed by atoms with Gasteiger partial charge in [0.2, 0.25) is 0 Å². The number of nitrogens with zero attached hydrogens (tertiary/aromatic N) is 2. The summed E-state index contributed by atoms with van der Waals surface area (Å²) in [5.41, 5.74) is 0.0402. The van der Waals surface area contributed by atoms with Crippen molar-refractivity contribution >= 4 is 11.6 Å². The maximum absolute atomic E-state index is 12.0.